The maximum atomic E-state index is 12.3. The van der Waals surface area contributed by atoms with Gasteiger partial charge in [-0.15, -0.1) is 10.2 Å². The van der Waals surface area contributed by atoms with E-state index in [0.717, 1.165) is 0 Å². The molecule has 0 spiro atoms. The number of nitrogens with zero attached hydrogens (tertiary/aromatic N) is 4. The van der Waals surface area contributed by atoms with Crippen LogP contribution in [-0.4, -0.2) is 44.6 Å². The molecule has 1 N–H and O–H groups in total. The van der Waals surface area contributed by atoms with Crippen LogP contribution in [0, 0.1) is 0 Å². The summed E-state index contributed by atoms with van der Waals surface area (Å²) in [5.74, 6) is 0.0923. The maximum Gasteiger partial charge on any atom is 0.337 e. The minimum Gasteiger partial charge on any atom is -0.465 e. The molecule has 1 amide bonds. The van der Waals surface area contributed by atoms with Crippen LogP contribution in [0.3, 0.4) is 0 Å². The molecule has 0 fully saturated rings. The second kappa shape index (κ2) is 8.15. The van der Waals surface area contributed by atoms with Crippen LogP contribution >= 0.6 is 11.8 Å². The normalized spacial score (nSPS) is 10.8. The van der Waals surface area contributed by atoms with Crippen molar-refractivity contribution >= 4 is 35.0 Å². The highest BCUT2D eigenvalue weighted by Crippen LogP contribution is 2.21. The highest BCUT2D eigenvalue weighted by molar-refractivity contribution is 7.99. The van der Waals surface area contributed by atoms with Crippen LogP contribution in [0.1, 0.15) is 10.4 Å². The highest BCUT2D eigenvalue weighted by atomic mass is 32.2. The molecule has 0 bridgehead atoms. The molecule has 0 saturated carbocycles. The summed E-state index contributed by atoms with van der Waals surface area (Å²) in [5.41, 5.74) is 2.20. The number of aromatic nitrogens is 4. The summed E-state index contributed by atoms with van der Waals surface area (Å²) in [7, 11) is 1.32. The number of carbonyl (C=O) groups excluding carboxylic acids is 2. The number of benzene rings is 1. The predicted molar refractivity (Wildman–Crippen MR) is 106 cm³/mol. The van der Waals surface area contributed by atoms with Crippen molar-refractivity contribution in [2.24, 2.45) is 0 Å². The first-order valence-electron chi connectivity index (χ1n) is 8.51. The summed E-state index contributed by atoms with van der Waals surface area (Å²) in [5, 5.41) is 15.9. The van der Waals surface area contributed by atoms with Gasteiger partial charge < -0.3 is 14.5 Å². The number of fused-ring (bicyclic) bond motifs is 1. The van der Waals surface area contributed by atoms with E-state index in [2.05, 4.69) is 25.3 Å². The largest absolute Gasteiger partial charge is 0.465 e. The Hall–Kier alpha value is -3.66. The van der Waals surface area contributed by atoms with Gasteiger partial charge in [-0.1, -0.05) is 11.8 Å². The van der Waals surface area contributed by atoms with E-state index in [1.807, 2.05) is 6.07 Å². The standard InChI is InChI=1S/C19H15N5O4S/c1-27-18(26)12-4-6-13(7-5-12)20-17(25)11-29-19-22-21-16-9-8-14(23-24(16)19)15-3-2-10-28-15/h2-10H,11H2,1H3,(H,20,25). The van der Waals surface area contributed by atoms with Crippen LogP contribution in [0.25, 0.3) is 17.1 Å². The molecule has 0 radical (unpaired) electrons. The maximum absolute atomic E-state index is 12.3. The van der Waals surface area contributed by atoms with Crippen LogP contribution in [0.15, 0.2) is 64.4 Å². The zero-order valence-electron chi connectivity index (χ0n) is 15.2. The second-order valence-electron chi connectivity index (χ2n) is 5.85. The molecule has 146 valence electrons. The second-order valence-corrected chi connectivity index (χ2v) is 6.80. The average molecular weight is 409 g/mol. The molecule has 1 aromatic carbocycles. The van der Waals surface area contributed by atoms with E-state index in [4.69, 9.17) is 4.42 Å². The number of amides is 1. The Morgan fingerprint density at radius 2 is 1.97 bits per heavy atom. The number of anilines is 1. The summed E-state index contributed by atoms with van der Waals surface area (Å²) >= 11 is 1.21. The van der Waals surface area contributed by atoms with E-state index in [0.29, 0.717) is 33.5 Å². The Labute approximate surface area is 169 Å². The summed E-state index contributed by atoms with van der Waals surface area (Å²) in [6, 6.07) is 13.6. The summed E-state index contributed by atoms with van der Waals surface area (Å²) in [6.45, 7) is 0. The lowest BCUT2D eigenvalue weighted by atomic mass is 10.2. The molecule has 10 heteroatoms. The van der Waals surface area contributed by atoms with Crippen molar-refractivity contribution in [3.8, 4) is 11.5 Å². The first-order chi connectivity index (χ1) is 14.1. The zero-order chi connectivity index (χ0) is 20.2. The minimum atomic E-state index is -0.432. The number of methoxy groups -OCH3 is 1. The molecule has 4 aromatic rings. The van der Waals surface area contributed by atoms with Gasteiger partial charge in [-0.3, -0.25) is 4.79 Å². The van der Waals surface area contributed by atoms with Gasteiger partial charge in [-0.2, -0.15) is 9.61 Å². The molecule has 4 rings (SSSR count). The molecule has 0 aliphatic carbocycles. The molecule has 3 aromatic heterocycles. The lowest BCUT2D eigenvalue weighted by Crippen LogP contribution is -2.14. The Morgan fingerprint density at radius 1 is 1.14 bits per heavy atom. The predicted octanol–water partition coefficient (Wildman–Crippen LogP) is 2.90. The van der Waals surface area contributed by atoms with Gasteiger partial charge in [0, 0.05) is 5.69 Å². The lowest BCUT2D eigenvalue weighted by molar-refractivity contribution is -0.113. The van der Waals surface area contributed by atoms with Gasteiger partial charge in [0.25, 0.3) is 0 Å². The molecular formula is C19H15N5O4S. The summed E-state index contributed by atoms with van der Waals surface area (Å²) in [4.78, 5) is 23.7. The molecule has 3 heterocycles. The molecule has 0 unspecified atom stereocenters. The number of furan rings is 1. The van der Waals surface area contributed by atoms with Crippen molar-refractivity contribution in [3.05, 3.63) is 60.4 Å². The van der Waals surface area contributed by atoms with Crippen LogP contribution in [0.5, 0.6) is 0 Å². The molecule has 9 nitrogen and oxygen atoms in total. The number of nitrogens with one attached hydrogen (secondary N) is 1. The van der Waals surface area contributed by atoms with E-state index in [1.54, 1.807) is 53.2 Å². The van der Waals surface area contributed by atoms with E-state index in [1.165, 1.54) is 18.9 Å². The average Bonchev–Trinajstić information content (AvgIpc) is 3.42. The lowest BCUT2D eigenvalue weighted by Gasteiger charge is -2.05. The number of ether oxygens (including phenoxy) is 1. The molecule has 0 aliphatic rings. The van der Waals surface area contributed by atoms with E-state index >= 15 is 0 Å². The van der Waals surface area contributed by atoms with Crippen LogP contribution in [0.4, 0.5) is 5.69 Å². The molecule has 29 heavy (non-hydrogen) atoms. The zero-order valence-corrected chi connectivity index (χ0v) is 16.0. The monoisotopic (exact) mass is 409 g/mol. The Kier molecular flexibility index (Phi) is 5.25. The Balaban J connectivity index is 1.42. The molecule has 0 saturated heterocycles. The summed E-state index contributed by atoms with van der Waals surface area (Å²) in [6.07, 6.45) is 1.57. The third-order valence-corrected chi connectivity index (χ3v) is 4.85. The fourth-order valence-corrected chi connectivity index (χ4v) is 3.24. The first kappa shape index (κ1) is 18.7. The van der Waals surface area contributed by atoms with Crippen molar-refractivity contribution in [1.82, 2.24) is 19.8 Å². The topological polar surface area (TPSA) is 112 Å². The van der Waals surface area contributed by atoms with Crippen molar-refractivity contribution in [3.63, 3.8) is 0 Å². The van der Waals surface area contributed by atoms with Crippen molar-refractivity contribution in [2.45, 2.75) is 5.16 Å². The van der Waals surface area contributed by atoms with Gasteiger partial charge >= 0.3 is 5.97 Å². The van der Waals surface area contributed by atoms with Crippen LogP contribution in [-0.2, 0) is 9.53 Å². The van der Waals surface area contributed by atoms with E-state index in [-0.39, 0.29) is 11.7 Å². The third-order valence-electron chi connectivity index (χ3n) is 3.93. The minimum absolute atomic E-state index is 0.117. The number of rotatable bonds is 6. The van der Waals surface area contributed by atoms with Gasteiger partial charge in [-0.05, 0) is 48.5 Å². The fraction of sp³-hybridized carbons (Fsp3) is 0.105. The molecule has 0 aliphatic heterocycles. The highest BCUT2D eigenvalue weighted by Gasteiger charge is 2.13. The van der Waals surface area contributed by atoms with E-state index < -0.39 is 5.97 Å². The van der Waals surface area contributed by atoms with Crippen LogP contribution < -0.4 is 5.32 Å². The summed E-state index contributed by atoms with van der Waals surface area (Å²) < 4.78 is 11.6. The number of hydrogen-bond acceptors (Lipinski definition) is 8. The molecular weight excluding hydrogens is 394 g/mol. The number of hydrogen-bond donors (Lipinski definition) is 1. The fourth-order valence-electron chi connectivity index (χ4n) is 2.55. The van der Waals surface area contributed by atoms with Gasteiger partial charge in [0.15, 0.2) is 11.4 Å². The van der Waals surface area contributed by atoms with Crippen molar-refractivity contribution in [1.29, 1.82) is 0 Å². The van der Waals surface area contributed by atoms with Gasteiger partial charge in [0.1, 0.15) is 5.69 Å². The Morgan fingerprint density at radius 3 is 2.69 bits per heavy atom. The van der Waals surface area contributed by atoms with Crippen molar-refractivity contribution in [2.75, 3.05) is 18.2 Å². The van der Waals surface area contributed by atoms with Gasteiger partial charge in [0.05, 0.1) is 24.7 Å². The molecule has 0 atom stereocenters. The van der Waals surface area contributed by atoms with Crippen LogP contribution in [0.2, 0.25) is 0 Å². The third kappa shape index (κ3) is 4.11. The van der Waals surface area contributed by atoms with Gasteiger partial charge in [-0.25, -0.2) is 4.79 Å². The number of esters is 1. The quantitative estimate of drug-likeness (QED) is 0.382. The SMILES string of the molecule is COC(=O)c1ccc(NC(=O)CSc2nnc3ccc(-c4ccco4)nn23)cc1. The first-order valence-corrected chi connectivity index (χ1v) is 9.50. The number of carbonyl (C=O) groups is 2. The Bertz CT molecular complexity index is 1160. The van der Waals surface area contributed by atoms with E-state index in [9.17, 15) is 9.59 Å². The van der Waals surface area contributed by atoms with Gasteiger partial charge in [0.2, 0.25) is 11.1 Å². The number of thioether (sulfide) groups is 1. The van der Waals surface area contributed by atoms with Crippen molar-refractivity contribution < 1.29 is 18.7 Å². The smallest absolute Gasteiger partial charge is 0.337 e.